The molecule has 0 spiro atoms. The lowest BCUT2D eigenvalue weighted by Gasteiger charge is -2.35. The van der Waals surface area contributed by atoms with E-state index in [0.29, 0.717) is 36.8 Å². The predicted molar refractivity (Wildman–Crippen MR) is 114 cm³/mol. The molecule has 0 radical (unpaired) electrons. The van der Waals surface area contributed by atoms with E-state index in [1.165, 1.54) is 19.2 Å². The number of aliphatic hydroxyl groups excluding tert-OH is 2. The molecule has 1 saturated heterocycles. The number of phenolic OH excluding ortho intramolecular Hbond substituents is 1. The van der Waals surface area contributed by atoms with Crippen molar-refractivity contribution in [2.75, 3.05) is 13.7 Å². The van der Waals surface area contributed by atoms with Crippen LogP contribution in [0, 0.1) is 23.6 Å². The minimum atomic E-state index is -0.849. The lowest BCUT2D eigenvalue weighted by atomic mass is 9.68. The summed E-state index contributed by atoms with van der Waals surface area (Å²) in [5.74, 6) is -3.28. The number of likely N-dealkylation sites (tertiary alicyclic amines) is 1. The number of carbonyl (C=O) groups excluding carboxylic acids is 2. The standard InChI is InChI=1S/C24H30FNO5/c1-4-14(10-15-6-7-19(28)18(25)11-15)5-8-20(29)21-13(2)9-16-22(17(21)12-27)24(31)26(3)23(16)30/h6-7,10-11,16-17,20,22,27-29H,4-5,8-9,12H2,1-3H3/b14-10+/t16-,17+,20-,22-/m1/s1. The van der Waals surface area contributed by atoms with E-state index in [4.69, 9.17) is 0 Å². The van der Waals surface area contributed by atoms with Crippen LogP contribution in [0.4, 0.5) is 4.39 Å². The van der Waals surface area contributed by atoms with E-state index in [2.05, 4.69) is 0 Å². The number of carbonyl (C=O) groups is 2. The number of benzene rings is 1. The van der Waals surface area contributed by atoms with Crippen LogP contribution in [-0.2, 0) is 9.59 Å². The summed E-state index contributed by atoms with van der Waals surface area (Å²) in [6, 6.07) is 4.19. The lowest BCUT2D eigenvalue weighted by molar-refractivity contribution is -0.138. The Labute approximate surface area is 181 Å². The number of halogens is 1. The zero-order chi connectivity index (χ0) is 22.9. The summed E-state index contributed by atoms with van der Waals surface area (Å²) in [5.41, 5.74) is 3.14. The van der Waals surface area contributed by atoms with Gasteiger partial charge in [0.1, 0.15) is 0 Å². The molecular weight excluding hydrogens is 401 g/mol. The highest BCUT2D eigenvalue weighted by atomic mass is 19.1. The molecule has 1 aromatic rings. The van der Waals surface area contributed by atoms with Crippen molar-refractivity contribution in [1.29, 1.82) is 0 Å². The van der Waals surface area contributed by atoms with E-state index in [1.54, 1.807) is 6.07 Å². The van der Waals surface area contributed by atoms with E-state index in [0.717, 1.165) is 16.0 Å². The number of imide groups is 1. The van der Waals surface area contributed by atoms with Gasteiger partial charge in [0.25, 0.3) is 0 Å². The molecular formula is C24H30FNO5. The van der Waals surface area contributed by atoms with Gasteiger partial charge in [-0.3, -0.25) is 14.5 Å². The first-order valence-electron chi connectivity index (χ1n) is 10.7. The van der Waals surface area contributed by atoms with Crippen molar-refractivity contribution in [2.45, 2.75) is 45.6 Å². The van der Waals surface area contributed by atoms with Crippen LogP contribution in [0.25, 0.3) is 6.08 Å². The van der Waals surface area contributed by atoms with Gasteiger partial charge < -0.3 is 15.3 Å². The van der Waals surface area contributed by atoms with Gasteiger partial charge in [0.15, 0.2) is 11.6 Å². The Balaban J connectivity index is 1.77. The maximum atomic E-state index is 13.6. The summed E-state index contributed by atoms with van der Waals surface area (Å²) in [7, 11) is 1.47. The number of aromatic hydroxyl groups is 1. The van der Waals surface area contributed by atoms with Gasteiger partial charge in [0.2, 0.25) is 11.8 Å². The van der Waals surface area contributed by atoms with Crippen molar-refractivity contribution >= 4 is 17.9 Å². The summed E-state index contributed by atoms with van der Waals surface area (Å²) >= 11 is 0. The fourth-order valence-electron chi connectivity index (χ4n) is 4.95. The summed E-state index contributed by atoms with van der Waals surface area (Å²) in [5, 5.41) is 30.4. The molecule has 0 unspecified atom stereocenters. The molecule has 4 atom stereocenters. The second kappa shape index (κ2) is 9.32. The number of phenols is 1. The molecule has 7 heteroatoms. The number of amides is 2. The number of nitrogens with zero attached hydrogens (tertiary/aromatic N) is 1. The monoisotopic (exact) mass is 431 g/mol. The Morgan fingerprint density at radius 1 is 1.32 bits per heavy atom. The van der Waals surface area contributed by atoms with Gasteiger partial charge in [-0.15, -0.1) is 0 Å². The molecule has 1 fully saturated rings. The minimum Gasteiger partial charge on any atom is -0.505 e. The number of hydrogen-bond donors (Lipinski definition) is 3. The normalized spacial score (nSPS) is 25.3. The summed E-state index contributed by atoms with van der Waals surface area (Å²) in [6.07, 6.45) is 3.04. The van der Waals surface area contributed by atoms with E-state index < -0.39 is 35.4 Å². The van der Waals surface area contributed by atoms with Gasteiger partial charge in [-0.05, 0) is 55.9 Å². The van der Waals surface area contributed by atoms with Crippen LogP contribution < -0.4 is 0 Å². The van der Waals surface area contributed by atoms with Crippen molar-refractivity contribution in [1.82, 2.24) is 4.90 Å². The zero-order valence-corrected chi connectivity index (χ0v) is 18.1. The SMILES string of the molecule is CC/C(=C\c1ccc(O)c(F)c1)CC[C@@H](O)C1=C(C)C[C@H]2C(=O)N(C)C(=O)[C@H]2[C@H]1CO. The summed E-state index contributed by atoms with van der Waals surface area (Å²) in [4.78, 5) is 26.1. The third kappa shape index (κ3) is 4.43. The number of allylic oxidation sites excluding steroid dienone is 2. The fraction of sp³-hybridized carbons (Fsp3) is 0.500. The molecule has 1 aliphatic carbocycles. The van der Waals surface area contributed by atoms with Crippen LogP contribution in [0.3, 0.4) is 0 Å². The Morgan fingerprint density at radius 2 is 2.03 bits per heavy atom. The topological polar surface area (TPSA) is 98.1 Å². The quantitative estimate of drug-likeness (QED) is 0.455. The molecule has 31 heavy (non-hydrogen) atoms. The van der Waals surface area contributed by atoms with Crippen molar-refractivity contribution in [3.63, 3.8) is 0 Å². The van der Waals surface area contributed by atoms with Crippen molar-refractivity contribution in [2.24, 2.45) is 17.8 Å². The van der Waals surface area contributed by atoms with Crippen LogP contribution in [0.2, 0.25) is 0 Å². The third-order valence-corrected chi connectivity index (χ3v) is 6.64. The van der Waals surface area contributed by atoms with Gasteiger partial charge in [0.05, 0.1) is 24.5 Å². The molecule has 3 rings (SSSR count). The van der Waals surface area contributed by atoms with Gasteiger partial charge in [0, 0.05) is 13.0 Å². The first kappa shape index (κ1) is 23.2. The van der Waals surface area contributed by atoms with E-state index in [9.17, 15) is 29.3 Å². The van der Waals surface area contributed by atoms with Gasteiger partial charge in [-0.1, -0.05) is 30.2 Å². The predicted octanol–water partition coefficient (Wildman–Crippen LogP) is 3.03. The molecule has 0 saturated carbocycles. The molecule has 2 aliphatic rings. The Bertz CT molecular complexity index is 938. The van der Waals surface area contributed by atoms with Crippen molar-refractivity contribution < 1.29 is 29.3 Å². The second-order valence-electron chi connectivity index (χ2n) is 8.52. The summed E-state index contributed by atoms with van der Waals surface area (Å²) < 4.78 is 13.6. The number of hydrogen-bond acceptors (Lipinski definition) is 5. The zero-order valence-electron chi connectivity index (χ0n) is 18.1. The number of rotatable bonds is 7. The molecule has 2 amide bonds. The second-order valence-corrected chi connectivity index (χ2v) is 8.52. The largest absolute Gasteiger partial charge is 0.505 e. The molecule has 1 aromatic carbocycles. The Morgan fingerprint density at radius 3 is 2.65 bits per heavy atom. The van der Waals surface area contributed by atoms with Gasteiger partial charge in [-0.2, -0.15) is 0 Å². The highest BCUT2D eigenvalue weighted by Gasteiger charge is 2.53. The highest BCUT2D eigenvalue weighted by Crippen LogP contribution is 2.45. The summed E-state index contributed by atoms with van der Waals surface area (Å²) in [6.45, 7) is 3.52. The van der Waals surface area contributed by atoms with Crippen LogP contribution in [-0.4, -0.2) is 51.8 Å². The first-order chi connectivity index (χ1) is 14.7. The number of aliphatic hydroxyl groups is 2. The van der Waals surface area contributed by atoms with Gasteiger partial charge in [-0.25, -0.2) is 4.39 Å². The maximum absolute atomic E-state index is 13.6. The Kier molecular flexibility index (Phi) is 6.96. The lowest BCUT2D eigenvalue weighted by Crippen LogP contribution is -2.38. The fourth-order valence-corrected chi connectivity index (χ4v) is 4.95. The third-order valence-electron chi connectivity index (χ3n) is 6.64. The molecule has 6 nitrogen and oxygen atoms in total. The smallest absolute Gasteiger partial charge is 0.233 e. The average Bonchev–Trinajstić information content (AvgIpc) is 2.96. The van der Waals surface area contributed by atoms with Gasteiger partial charge >= 0.3 is 0 Å². The van der Waals surface area contributed by atoms with Crippen LogP contribution in [0.5, 0.6) is 5.75 Å². The average molecular weight is 432 g/mol. The van der Waals surface area contributed by atoms with Crippen LogP contribution in [0.15, 0.2) is 34.9 Å². The van der Waals surface area contributed by atoms with Crippen molar-refractivity contribution in [3.05, 3.63) is 46.3 Å². The first-order valence-corrected chi connectivity index (χ1v) is 10.7. The van der Waals surface area contributed by atoms with E-state index in [1.807, 2.05) is 19.9 Å². The maximum Gasteiger partial charge on any atom is 0.233 e. The van der Waals surface area contributed by atoms with Crippen LogP contribution in [0.1, 0.15) is 45.1 Å². The molecule has 3 N–H and O–H groups in total. The minimum absolute atomic E-state index is 0.223. The molecule has 1 aliphatic heterocycles. The van der Waals surface area contributed by atoms with Crippen molar-refractivity contribution in [3.8, 4) is 5.75 Å². The molecule has 1 heterocycles. The van der Waals surface area contributed by atoms with E-state index >= 15 is 0 Å². The van der Waals surface area contributed by atoms with Crippen LogP contribution >= 0.6 is 0 Å². The highest BCUT2D eigenvalue weighted by molar-refractivity contribution is 6.05. The Hall–Kier alpha value is -2.51. The number of fused-ring (bicyclic) bond motifs is 1. The molecule has 168 valence electrons. The molecule has 0 bridgehead atoms. The molecule has 0 aromatic heterocycles. The van der Waals surface area contributed by atoms with E-state index in [-0.39, 0.29) is 18.4 Å².